The smallest absolute Gasteiger partial charge is 0.178 e. The first-order valence-electron chi connectivity index (χ1n) is 5.32. The highest BCUT2D eigenvalue weighted by atomic mass is 32.2. The first-order chi connectivity index (χ1) is 8.50. The maximum absolute atomic E-state index is 11.3. The Morgan fingerprint density at radius 1 is 1.11 bits per heavy atom. The monoisotopic (exact) mass is 263 g/mol. The molecule has 1 aromatic carbocycles. The summed E-state index contributed by atoms with van der Waals surface area (Å²) >= 11 is 0. The van der Waals surface area contributed by atoms with Crippen molar-refractivity contribution in [3.63, 3.8) is 0 Å². The molecule has 1 aromatic heterocycles. The van der Waals surface area contributed by atoms with Gasteiger partial charge in [0.15, 0.2) is 15.7 Å². The van der Waals surface area contributed by atoms with E-state index in [4.69, 9.17) is 5.73 Å². The van der Waals surface area contributed by atoms with Crippen LogP contribution in [0.5, 0.6) is 0 Å². The van der Waals surface area contributed by atoms with E-state index >= 15 is 0 Å². The Bertz CT molecular complexity index is 634. The van der Waals surface area contributed by atoms with E-state index in [1.165, 1.54) is 12.4 Å². The summed E-state index contributed by atoms with van der Waals surface area (Å²) in [6.07, 6.45) is 3.75. The largest absolute Gasteiger partial charge is 0.326 e. The Kier molecular flexibility index (Phi) is 3.40. The molecular formula is C12H13N3O2S. The molecule has 0 aliphatic heterocycles. The van der Waals surface area contributed by atoms with E-state index in [0.717, 1.165) is 17.4 Å². The highest BCUT2D eigenvalue weighted by Gasteiger charge is 2.09. The lowest BCUT2D eigenvalue weighted by molar-refractivity contribution is 0.601. The molecule has 0 aliphatic carbocycles. The van der Waals surface area contributed by atoms with Gasteiger partial charge in [0.1, 0.15) is 4.90 Å². The third kappa shape index (κ3) is 2.72. The fourth-order valence-corrected chi connectivity index (χ4v) is 1.93. The molecule has 2 rings (SSSR count). The molecule has 0 unspecified atom stereocenters. The summed E-state index contributed by atoms with van der Waals surface area (Å²) in [4.78, 5) is 8.21. The summed E-state index contributed by atoms with van der Waals surface area (Å²) < 4.78 is 22.5. The van der Waals surface area contributed by atoms with Crippen LogP contribution in [0.15, 0.2) is 41.6 Å². The molecular weight excluding hydrogens is 250 g/mol. The van der Waals surface area contributed by atoms with Gasteiger partial charge in [-0.05, 0) is 5.56 Å². The second-order valence-corrected chi connectivity index (χ2v) is 5.93. The molecule has 6 heteroatoms. The molecule has 0 spiro atoms. The van der Waals surface area contributed by atoms with Crippen LogP contribution in [0.4, 0.5) is 0 Å². The molecule has 0 saturated carbocycles. The quantitative estimate of drug-likeness (QED) is 0.893. The molecule has 18 heavy (non-hydrogen) atoms. The number of hydrogen-bond donors (Lipinski definition) is 1. The van der Waals surface area contributed by atoms with Gasteiger partial charge in [-0.15, -0.1) is 0 Å². The van der Waals surface area contributed by atoms with Crippen LogP contribution < -0.4 is 5.73 Å². The van der Waals surface area contributed by atoms with Gasteiger partial charge in [0.25, 0.3) is 0 Å². The van der Waals surface area contributed by atoms with Gasteiger partial charge in [0, 0.05) is 30.8 Å². The Hall–Kier alpha value is -1.79. The highest BCUT2D eigenvalue weighted by molar-refractivity contribution is 7.90. The maximum Gasteiger partial charge on any atom is 0.178 e. The van der Waals surface area contributed by atoms with Gasteiger partial charge in [-0.3, -0.25) is 0 Å². The van der Waals surface area contributed by atoms with Crippen LogP contribution in [0.1, 0.15) is 5.56 Å². The van der Waals surface area contributed by atoms with Crippen LogP contribution in [0.3, 0.4) is 0 Å². The first kappa shape index (κ1) is 12.7. The van der Waals surface area contributed by atoms with Crippen molar-refractivity contribution in [2.75, 3.05) is 6.26 Å². The predicted octanol–water partition coefficient (Wildman–Crippen LogP) is 1.01. The van der Waals surface area contributed by atoms with Crippen LogP contribution in [0.2, 0.25) is 0 Å². The second-order valence-electron chi connectivity index (χ2n) is 3.92. The minimum absolute atomic E-state index is 0.116. The number of aromatic nitrogens is 2. The lowest BCUT2D eigenvalue weighted by Crippen LogP contribution is -2.00. The van der Waals surface area contributed by atoms with E-state index < -0.39 is 9.84 Å². The zero-order chi connectivity index (χ0) is 13.2. The third-order valence-corrected chi connectivity index (χ3v) is 3.57. The molecule has 0 radical (unpaired) electrons. The Balaban J connectivity index is 2.34. The van der Waals surface area contributed by atoms with E-state index in [9.17, 15) is 8.42 Å². The van der Waals surface area contributed by atoms with Crippen molar-refractivity contribution in [2.24, 2.45) is 5.73 Å². The minimum Gasteiger partial charge on any atom is -0.326 e. The van der Waals surface area contributed by atoms with Crippen molar-refractivity contribution < 1.29 is 8.42 Å². The molecule has 0 fully saturated rings. The summed E-state index contributed by atoms with van der Waals surface area (Å²) in [6, 6.07) is 7.50. The van der Waals surface area contributed by atoms with Crippen molar-refractivity contribution in [2.45, 2.75) is 11.4 Å². The summed E-state index contributed by atoms with van der Waals surface area (Å²) in [5.74, 6) is 0.492. The molecule has 1 heterocycles. The molecule has 5 nitrogen and oxygen atoms in total. The second kappa shape index (κ2) is 4.83. The predicted molar refractivity (Wildman–Crippen MR) is 68.5 cm³/mol. The minimum atomic E-state index is -3.25. The average molecular weight is 263 g/mol. The normalized spacial score (nSPS) is 11.4. The van der Waals surface area contributed by atoms with Crippen molar-refractivity contribution in [3.05, 3.63) is 42.2 Å². The zero-order valence-corrected chi connectivity index (χ0v) is 10.7. The van der Waals surface area contributed by atoms with Gasteiger partial charge in [-0.2, -0.15) is 0 Å². The van der Waals surface area contributed by atoms with Gasteiger partial charge < -0.3 is 5.73 Å². The number of rotatable bonds is 3. The van der Waals surface area contributed by atoms with E-state index in [0.29, 0.717) is 12.4 Å². The SMILES string of the molecule is CS(=O)(=O)c1cnc(-c2ccc(CN)cc2)nc1. The van der Waals surface area contributed by atoms with Crippen LogP contribution >= 0.6 is 0 Å². The molecule has 2 aromatic rings. The first-order valence-corrected chi connectivity index (χ1v) is 7.21. The van der Waals surface area contributed by atoms with Gasteiger partial charge >= 0.3 is 0 Å². The van der Waals surface area contributed by atoms with E-state index in [1.54, 1.807) is 0 Å². The van der Waals surface area contributed by atoms with Crippen molar-refractivity contribution >= 4 is 9.84 Å². The summed E-state index contributed by atoms with van der Waals surface area (Å²) in [5.41, 5.74) is 7.35. The molecule has 0 saturated heterocycles. The molecule has 0 aliphatic rings. The molecule has 0 bridgehead atoms. The van der Waals surface area contributed by atoms with Crippen LogP contribution in [-0.4, -0.2) is 24.6 Å². The lowest BCUT2D eigenvalue weighted by atomic mass is 10.1. The number of nitrogens with zero attached hydrogens (tertiary/aromatic N) is 2. The Morgan fingerprint density at radius 3 is 2.11 bits per heavy atom. The van der Waals surface area contributed by atoms with Crippen molar-refractivity contribution in [3.8, 4) is 11.4 Å². The fourth-order valence-electron chi connectivity index (χ4n) is 1.45. The molecule has 0 amide bonds. The number of sulfone groups is 1. The van der Waals surface area contributed by atoms with E-state index in [2.05, 4.69) is 9.97 Å². The van der Waals surface area contributed by atoms with Gasteiger partial charge in [0.2, 0.25) is 0 Å². The average Bonchev–Trinajstić information content (AvgIpc) is 2.38. The van der Waals surface area contributed by atoms with Crippen LogP contribution in [0.25, 0.3) is 11.4 Å². The zero-order valence-electron chi connectivity index (χ0n) is 9.87. The maximum atomic E-state index is 11.3. The molecule has 0 atom stereocenters. The Morgan fingerprint density at radius 2 is 1.67 bits per heavy atom. The fraction of sp³-hybridized carbons (Fsp3) is 0.167. The number of nitrogens with two attached hydrogens (primary N) is 1. The van der Waals surface area contributed by atoms with Gasteiger partial charge in [0.05, 0.1) is 0 Å². The van der Waals surface area contributed by atoms with E-state index in [-0.39, 0.29) is 4.90 Å². The summed E-state index contributed by atoms with van der Waals surface area (Å²) in [6.45, 7) is 0.480. The number of hydrogen-bond acceptors (Lipinski definition) is 5. The summed E-state index contributed by atoms with van der Waals surface area (Å²) in [7, 11) is -3.25. The third-order valence-electron chi connectivity index (χ3n) is 2.50. The van der Waals surface area contributed by atoms with Gasteiger partial charge in [-0.25, -0.2) is 18.4 Å². The Labute approximate surface area is 106 Å². The van der Waals surface area contributed by atoms with Crippen LogP contribution in [0, 0.1) is 0 Å². The van der Waals surface area contributed by atoms with Gasteiger partial charge in [-0.1, -0.05) is 24.3 Å². The topological polar surface area (TPSA) is 85.9 Å². The highest BCUT2D eigenvalue weighted by Crippen LogP contribution is 2.16. The van der Waals surface area contributed by atoms with E-state index in [1.807, 2.05) is 24.3 Å². The molecule has 2 N–H and O–H groups in total. The summed E-state index contributed by atoms with van der Waals surface area (Å²) in [5, 5.41) is 0. The molecule has 94 valence electrons. The van der Waals surface area contributed by atoms with Crippen molar-refractivity contribution in [1.82, 2.24) is 9.97 Å². The number of benzene rings is 1. The van der Waals surface area contributed by atoms with Crippen molar-refractivity contribution in [1.29, 1.82) is 0 Å². The lowest BCUT2D eigenvalue weighted by Gasteiger charge is -2.02. The van der Waals surface area contributed by atoms with Crippen LogP contribution in [-0.2, 0) is 16.4 Å². The standard InChI is InChI=1S/C12H13N3O2S/c1-18(16,17)11-7-14-12(15-8-11)10-4-2-9(6-13)3-5-10/h2-5,7-8H,6,13H2,1H3.